The summed E-state index contributed by atoms with van der Waals surface area (Å²) in [4.78, 5) is 15.2. The summed E-state index contributed by atoms with van der Waals surface area (Å²) in [6, 6.07) is 9.40. The van der Waals surface area contributed by atoms with Crippen LogP contribution in [0.3, 0.4) is 0 Å². The normalized spacial score (nSPS) is 10.6. The molecule has 164 valence electrons. The molecule has 0 atom stereocenters. The monoisotopic (exact) mass is 450 g/mol. The van der Waals surface area contributed by atoms with E-state index >= 15 is 0 Å². The van der Waals surface area contributed by atoms with Crippen molar-refractivity contribution >= 4 is 52.2 Å². The molecule has 8 nitrogen and oxygen atoms in total. The molecule has 1 heterocycles. The van der Waals surface area contributed by atoms with Gasteiger partial charge in [0.05, 0.1) is 0 Å². The predicted octanol–water partition coefficient (Wildman–Crippen LogP) is 2.59. The second kappa shape index (κ2) is 11.7. The minimum absolute atomic E-state index is 0.595. The average molecular weight is 451 g/mol. The van der Waals surface area contributed by atoms with Gasteiger partial charge in [-0.25, -0.2) is 0 Å². The van der Waals surface area contributed by atoms with E-state index < -0.39 is 0 Å². The van der Waals surface area contributed by atoms with Crippen molar-refractivity contribution in [3.8, 4) is 0 Å². The zero-order chi connectivity index (χ0) is 22.1. The van der Waals surface area contributed by atoms with Gasteiger partial charge >= 0.3 is 0 Å². The molecule has 0 aliphatic heterocycles. The zero-order valence-corrected chi connectivity index (χ0v) is 19.8. The van der Waals surface area contributed by atoms with Crippen LogP contribution in [0.15, 0.2) is 30.3 Å². The molecular formula is C20H31ClN8S. The van der Waals surface area contributed by atoms with Crippen molar-refractivity contribution in [3.05, 3.63) is 35.4 Å². The fourth-order valence-electron chi connectivity index (χ4n) is 2.50. The molecular weight excluding hydrogens is 420 g/mol. The second-order valence-corrected chi connectivity index (χ2v) is 8.16. The van der Waals surface area contributed by atoms with E-state index in [1.807, 2.05) is 68.3 Å². The molecule has 30 heavy (non-hydrogen) atoms. The minimum Gasteiger partial charge on any atom is -0.369 e. The molecule has 0 aliphatic rings. The Labute approximate surface area is 189 Å². The first-order valence-electron chi connectivity index (χ1n) is 9.71. The highest BCUT2D eigenvalue weighted by atomic mass is 35.5. The lowest BCUT2D eigenvalue weighted by Gasteiger charge is -2.20. The Morgan fingerprint density at radius 1 is 0.967 bits per heavy atom. The van der Waals surface area contributed by atoms with Crippen LogP contribution < -0.4 is 25.8 Å². The van der Waals surface area contributed by atoms with E-state index in [1.54, 1.807) is 0 Å². The largest absolute Gasteiger partial charge is 0.369 e. The van der Waals surface area contributed by atoms with E-state index in [0.29, 0.717) is 16.1 Å². The van der Waals surface area contributed by atoms with Gasteiger partial charge in [-0.1, -0.05) is 11.6 Å². The summed E-state index contributed by atoms with van der Waals surface area (Å²) in [5.74, 6) is 2.37. The summed E-state index contributed by atoms with van der Waals surface area (Å²) in [6.07, 6.45) is 0. The van der Waals surface area contributed by atoms with Gasteiger partial charge in [0.25, 0.3) is 0 Å². The number of halogens is 1. The number of rotatable bonds is 10. The molecule has 2 aromatic rings. The van der Waals surface area contributed by atoms with Crippen molar-refractivity contribution in [2.75, 3.05) is 81.9 Å². The molecule has 0 aliphatic carbocycles. The molecule has 0 saturated carbocycles. The van der Waals surface area contributed by atoms with E-state index in [1.165, 1.54) is 0 Å². The van der Waals surface area contributed by atoms with Crippen molar-refractivity contribution < 1.29 is 0 Å². The summed E-state index contributed by atoms with van der Waals surface area (Å²) < 4.78 is 0. The van der Waals surface area contributed by atoms with Gasteiger partial charge in [0, 0.05) is 71.1 Å². The highest BCUT2D eigenvalue weighted by Gasteiger charge is 2.08. The number of aromatic nitrogens is 2. The summed E-state index contributed by atoms with van der Waals surface area (Å²) in [5, 5.41) is 11.0. The summed E-state index contributed by atoms with van der Waals surface area (Å²) >= 11 is 11.2. The number of nitrogens with zero attached hydrogens (tertiary/aromatic N) is 5. The Bertz CT molecular complexity index is 787. The second-order valence-electron chi connectivity index (χ2n) is 7.32. The SMILES string of the molecule is CN(CCNC(=S)Nc1ccc(Cl)cc1)CCNc1cc(N(C)C)nc(N(C)C)n1. The molecule has 0 radical (unpaired) electrons. The lowest BCUT2D eigenvalue weighted by molar-refractivity contribution is 0.352. The molecule has 3 N–H and O–H groups in total. The molecule has 1 aromatic carbocycles. The Kier molecular flexibility index (Phi) is 9.35. The van der Waals surface area contributed by atoms with Crippen molar-refractivity contribution in [1.29, 1.82) is 0 Å². The molecule has 2 rings (SSSR count). The topological polar surface area (TPSA) is 71.6 Å². The van der Waals surface area contributed by atoms with E-state index in [9.17, 15) is 0 Å². The van der Waals surface area contributed by atoms with Crippen molar-refractivity contribution in [3.63, 3.8) is 0 Å². The van der Waals surface area contributed by atoms with Crippen LogP contribution in [0, 0.1) is 0 Å². The van der Waals surface area contributed by atoms with Crippen LogP contribution >= 0.6 is 23.8 Å². The van der Waals surface area contributed by atoms with E-state index in [2.05, 4.69) is 37.9 Å². The maximum absolute atomic E-state index is 5.89. The van der Waals surface area contributed by atoms with E-state index in [-0.39, 0.29) is 0 Å². The molecule has 0 spiro atoms. The first kappa shape index (κ1) is 23.9. The highest BCUT2D eigenvalue weighted by molar-refractivity contribution is 7.80. The zero-order valence-electron chi connectivity index (χ0n) is 18.2. The summed E-state index contributed by atoms with van der Waals surface area (Å²) in [6.45, 7) is 3.26. The van der Waals surface area contributed by atoms with Crippen molar-refractivity contribution in [2.24, 2.45) is 0 Å². The van der Waals surface area contributed by atoms with Crippen LogP contribution in [0.5, 0.6) is 0 Å². The Hall–Kier alpha value is -2.36. The molecule has 10 heteroatoms. The molecule has 1 aromatic heterocycles. The van der Waals surface area contributed by atoms with Gasteiger partial charge in [0.2, 0.25) is 5.95 Å². The molecule has 0 saturated heterocycles. The smallest absolute Gasteiger partial charge is 0.228 e. The van der Waals surface area contributed by atoms with Crippen LogP contribution in [-0.2, 0) is 0 Å². The van der Waals surface area contributed by atoms with Gasteiger partial charge in [-0.15, -0.1) is 0 Å². The predicted molar refractivity (Wildman–Crippen MR) is 132 cm³/mol. The molecule has 0 unspecified atom stereocenters. The van der Waals surface area contributed by atoms with E-state index in [0.717, 1.165) is 43.5 Å². The van der Waals surface area contributed by atoms with Gasteiger partial charge in [0.1, 0.15) is 11.6 Å². The van der Waals surface area contributed by atoms with Crippen LogP contribution in [-0.4, -0.2) is 81.4 Å². The van der Waals surface area contributed by atoms with Gasteiger partial charge < -0.3 is 30.7 Å². The standard InChI is InChI=1S/C20H31ClN8S/c1-27(2)18-14-17(25-19(26-18)28(3)4)22-10-12-29(5)13-11-23-20(30)24-16-8-6-15(21)7-9-16/h6-9,14H,10-13H2,1-5H3,(H,22,25,26)(H2,23,24,30). The number of thiocarbonyl (C=S) groups is 1. The summed E-state index contributed by atoms with van der Waals surface area (Å²) in [5.41, 5.74) is 0.911. The van der Waals surface area contributed by atoms with Crippen LogP contribution in [0.1, 0.15) is 0 Å². The highest BCUT2D eigenvalue weighted by Crippen LogP contribution is 2.17. The number of benzene rings is 1. The first-order chi connectivity index (χ1) is 14.2. The third kappa shape index (κ3) is 8.17. The van der Waals surface area contributed by atoms with Gasteiger partial charge in [-0.2, -0.15) is 9.97 Å². The van der Waals surface area contributed by atoms with Gasteiger partial charge in [-0.05, 0) is 43.5 Å². The molecule has 0 fully saturated rings. The minimum atomic E-state index is 0.595. The lowest BCUT2D eigenvalue weighted by Crippen LogP contribution is -2.36. The van der Waals surface area contributed by atoms with E-state index in [4.69, 9.17) is 23.8 Å². The maximum atomic E-state index is 5.89. The quantitative estimate of drug-likeness (QED) is 0.473. The van der Waals surface area contributed by atoms with Crippen molar-refractivity contribution in [1.82, 2.24) is 20.2 Å². The number of hydrogen-bond donors (Lipinski definition) is 3. The Balaban J connectivity index is 1.71. The average Bonchev–Trinajstić information content (AvgIpc) is 2.69. The number of hydrogen-bond acceptors (Lipinski definition) is 7. The third-order valence-electron chi connectivity index (χ3n) is 4.24. The van der Waals surface area contributed by atoms with Crippen LogP contribution in [0.4, 0.5) is 23.3 Å². The number of anilines is 4. The Morgan fingerprint density at radius 2 is 1.63 bits per heavy atom. The molecule has 0 bridgehead atoms. The van der Waals surface area contributed by atoms with Crippen molar-refractivity contribution in [2.45, 2.75) is 0 Å². The van der Waals surface area contributed by atoms with Crippen LogP contribution in [0.2, 0.25) is 5.02 Å². The Morgan fingerprint density at radius 3 is 2.27 bits per heavy atom. The van der Waals surface area contributed by atoms with Gasteiger partial charge in [-0.3, -0.25) is 0 Å². The van der Waals surface area contributed by atoms with Crippen LogP contribution in [0.25, 0.3) is 0 Å². The maximum Gasteiger partial charge on any atom is 0.228 e. The summed E-state index contributed by atoms with van der Waals surface area (Å²) in [7, 11) is 9.89. The number of likely N-dealkylation sites (N-methyl/N-ethyl adjacent to an activating group) is 1. The lowest BCUT2D eigenvalue weighted by atomic mass is 10.3. The number of nitrogens with one attached hydrogen (secondary N) is 3. The third-order valence-corrected chi connectivity index (χ3v) is 4.74. The molecule has 0 amide bonds. The fraction of sp³-hybridized carbons (Fsp3) is 0.450. The van der Waals surface area contributed by atoms with Gasteiger partial charge in [0.15, 0.2) is 5.11 Å². The fourth-order valence-corrected chi connectivity index (χ4v) is 2.84. The first-order valence-corrected chi connectivity index (χ1v) is 10.5.